The molecule has 0 bridgehead atoms. The summed E-state index contributed by atoms with van der Waals surface area (Å²) in [4.78, 5) is 13.9. The van der Waals surface area contributed by atoms with Crippen molar-refractivity contribution in [3.63, 3.8) is 0 Å². The first-order chi connectivity index (χ1) is 9.60. The van der Waals surface area contributed by atoms with Crippen LogP contribution in [-0.2, 0) is 16.1 Å². The SMILES string of the molecule is CCOC(=O)C1CCN(Cc2ccc(F)cc2Cl)CC1. The van der Waals surface area contributed by atoms with Gasteiger partial charge in [0.25, 0.3) is 0 Å². The number of likely N-dealkylation sites (tertiary alicyclic amines) is 1. The third kappa shape index (κ3) is 3.93. The lowest BCUT2D eigenvalue weighted by atomic mass is 9.96. The van der Waals surface area contributed by atoms with Crippen molar-refractivity contribution < 1.29 is 13.9 Å². The van der Waals surface area contributed by atoms with Crippen LogP contribution in [0.5, 0.6) is 0 Å². The molecule has 1 heterocycles. The van der Waals surface area contributed by atoms with Gasteiger partial charge in [-0.1, -0.05) is 17.7 Å². The maximum Gasteiger partial charge on any atom is 0.309 e. The van der Waals surface area contributed by atoms with E-state index < -0.39 is 0 Å². The number of ether oxygens (including phenoxy) is 1. The normalized spacial score (nSPS) is 17.1. The fourth-order valence-electron chi connectivity index (χ4n) is 2.48. The molecule has 0 aromatic heterocycles. The molecule has 0 spiro atoms. The average molecular weight is 300 g/mol. The summed E-state index contributed by atoms with van der Waals surface area (Å²) >= 11 is 6.03. The van der Waals surface area contributed by atoms with Gasteiger partial charge in [-0.3, -0.25) is 9.69 Å². The lowest BCUT2D eigenvalue weighted by Crippen LogP contribution is -2.36. The Morgan fingerprint density at radius 2 is 2.15 bits per heavy atom. The number of esters is 1. The molecular formula is C15H19ClFNO2. The summed E-state index contributed by atoms with van der Waals surface area (Å²) in [6, 6.07) is 4.48. The number of benzene rings is 1. The molecule has 1 aliphatic heterocycles. The van der Waals surface area contributed by atoms with E-state index in [9.17, 15) is 9.18 Å². The Morgan fingerprint density at radius 1 is 1.45 bits per heavy atom. The first kappa shape index (κ1) is 15.3. The van der Waals surface area contributed by atoms with Crippen molar-refractivity contribution in [3.05, 3.63) is 34.6 Å². The Morgan fingerprint density at radius 3 is 2.75 bits per heavy atom. The summed E-state index contributed by atoms with van der Waals surface area (Å²) in [5, 5.41) is 0.456. The standard InChI is InChI=1S/C15H19ClFNO2/c1-2-20-15(19)11-5-7-18(8-6-11)10-12-3-4-13(17)9-14(12)16/h3-4,9,11H,2,5-8,10H2,1H3. The summed E-state index contributed by atoms with van der Waals surface area (Å²) in [7, 11) is 0. The van der Waals surface area contributed by atoms with E-state index in [4.69, 9.17) is 16.3 Å². The van der Waals surface area contributed by atoms with Gasteiger partial charge in [-0.25, -0.2) is 4.39 Å². The summed E-state index contributed by atoms with van der Waals surface area (Å²) in [5.74, 6) is -0.401. The second kappa shape index (κ2) is 7.04. The number of hydrogen-bond donors (Lipinski definition) is 0. The van der Waals surface area contributed by atoms with E-state index in [-0.39, 0.29) is 17.7 Å². The van der Waals surface area contributed by atoms with Gasteiger partial charge in [-0.2, -0.15) is 0 Å². The smallest absolute Gasteiger partial charge is 0.309 e. The van der Waals surface area contributed by atoms with E-state index >= 15 is 0 Å². The van der Waals surface area contributed by atoms with E-state index in [2.05, 4.69) is 4.90 Å². The molecule has 0 aliphatic carbocycles. The highest BCUT2D eigenvalue weighted by Gasteiger charge is 2.26. The van der Waals surface area contributed by atoms with Crippen LogP contribution in [0.25, 0.3) is 0 Å². The Balaban J connectivity index is 1.86. The summed E-state index contributed by atoms with van der Waals surface area (Å²) in [6.07, 6.45) is 1.61. The number of carbonyl (C=O) groups is 1. The summed E-state index contributed by atoms with van der Waals surface area (Å²) in [6.45, 7) is 4.61. The van der Waals surface area contributed by atoms with Crippen LogP contribution in [0.3, 0.4) is 0 Å². The average Bonchev–Trinajstić information content (AvgIpc) is 2.43. The Kier molecular flexibility index (Phi) is 5.38. The van der Waals surface area contributed by atoms with Gasteiger partial charge < -0.3 is 4.74 Å². The minimum atomic E-state index is -0.320. The minimum Gasteiger partial charge on any atom is -0.466 e. The van der Waals surface area contributed by atoms with Crippen molar-refractivity contribution in [2.75, 3.05) is 19.7 Å². The van der Waals surface area contributed by atoms with Crippen LogP contribution in [0.15, 0.2) is 18.2 Å². The molecule has 0 amide bonds. The zero-order chi connectivity index (χ0) is 14.5. The zero-order valence-electron chi connectivity index (χ0n) is 11.6. The predicted octanol–water partition coefficient (Wildman–Crippen LogP) is 3.25. The molecule has 0 atom stereocenters. The van der Waals surface area contributed by atoms with E-state index in [0.29, 0.717) is 18.2 Å². The Labute approximate surface area is 123 Å². The molecule has 1 saturated heterocycles. The molecule has 0 N–H and O–H groups in total. The van der Waals surface area contributed by atoms with E-state index in [1.807, 2.05) is 6.92 Å². The zero-order valence-corrected chi connectivity index (χ0v) is 12.3. The van der Waals surface area contributed by atoms with Crippen LogP contribution in [-0.4, -0.2) is 30.6 Å². The molecule has 1 aromatic rings. The molecule has 0 radical (unpaired) electrons. The quantitative estimate of drug-likeness (QED) is 0.799. The van der Waals surface area contributed by atoms with Gasteiger partial charge in [0, 0.05) is 11.6 Å². The van der Waals surface area contributed by atoms with Crippen molar-refractivity contribution >= 4 is 17.6 Å². The Bertz CT molecular complexity index is 473. The van der Waals surface area contributed by atoms with Gasteiger partial charge >= 0.3 is 5.97 Å². The van der Waals surface area contributed by atoms with E-state index in [1.165, 1.54) is 12.1 Å². The number of rotatable bonds is 4. The van der Waals surface area contributed by atoms with Gasteiger partial charge in [0.2, 0.25) is 0 Å². The third-order valence-corrected chi connectivity index (χ3v) is 3.97. The van der Waals surface area contributed by atoms with Crippen LogP contribution < -0.4 is 0 Å². The Hall–Kier alpha value is -1.13. The number of piperidine rings is 1. The predicted molar refractivity (Wildman–Crippen MR) is 76.0 cm³/mol. The van der Waals surface area contributed by atoms with Crippen LogP contribution in [0.2, 0.25) is 5.02 Å². The lowest BCUT2D eigenvalue weighted by Gasteiger charge is -2.31. The van der Waals surface area contributed by atoms with Crippen molar-refractivity contribution in [2.45, 2.75) is 26.3 Å². The number of hydrogen-bond acceptors (Lipinski definition) is 3. The minimum absolute atomic E-state index is 0.00916. The van der Waals surface area contributed by atoms with Crippen LogP contribution in [0, 0.1) is 11.7 Å². The molecule has 2 rings (SSSR count). The highest BCUT2D eigenvalue weighted by molar-refractivity contribution is 6.31. The number of carbonyl (C=O) groups excluding carboxylic acids is 1. The second-order valence-corrected chi connectivity index (χ2v) is 5.45. The highest BCUT2D eigenvalue weighted by Crippen LogP contribution is 2.23. The topological polar surface area (TPSA) is 29.5 Å². The first-order valence-corrected chi connectivity index (χ1v) is 7.31. The third-order valence-electron chi connectivity index (χ3n) is 3.62. The molecule has 20 heavy (non-hydrogen) atoms. The van der Waals surface area contributed by atoms with Gasteiger partial charge in [0.15, 0.2) is 0 Å². The molecule has 0 saturated carbocycles. The molecule has 0 unspecified atom stereocenters. The van der Waals surface area contributed by atoms with E-state index in [1.54, 1.807) is 6.07 Å². The van der Waals surface area contributed by atoms with Crippen molar-refractivity contribution in [1.29, 1.82) is 0 Å². The highest BCUT2D eigenvalue weighted by atomic mass is 35.5. The van der Waals surface area contributed by atoms with Crippen molar-refractivity contribution in [2.24, 2.45) is 5.92 Å². The molecule has 1 aliphatic rings. The summed E-state index contributed by atoms with van der Waals surface area (Å²) in [5.41, 5.74) is 0.919. The largest absolute Gasteiger partial charge is 0.466 e. The molecular weight excluding hydrogens is 281 g/mol. The van der Waals surface area contributed by atoms with E-state index in [0.717, 1.165) is 31.5 Å². The van der Waals surface area contributed by atoms with Gasteiger partial charge in [0.05, 0.1) is 12.5 Å². The van der Waals surface area contributed by atoms with Crippen molar-refractivity contribution in [1.82, 2.24) is 4.90 Å². The lowest BCUT2D eigenvalue weighted by molar-refractivity contribution is -0.149. The number of halogens is 2. The molecule has 5 heteroatoms. The molecule has 3 nitrogen and oxygen atoms in total. The summed E-state index contributed by atoms with van der Waals surface area (Å²) < 4.78 is 18.0. The fraction of sp³-hybridized carbons (Fsp3) is 0.533. The van der Waals surface area contributed by atoms with Gasteiger partial charge in [-0.05, 0) is 50.6 Å². The fourth-order valence-corrected chi connectivity index (χ4v) is 2.70. The van der Waals surface area contributed by atoms with Crippen LogP contribution in [0.4, 0.5) is 4.39 Å². The maximum atomic E-state index is 13.0. The molecule has 1 fully saturated rings. The maximum absolute atomic E-state index is 13.0. The van der Waals surface area contributed by atoms with Crippen LogP contribution in [0.1, 0.15) is 25.3 Å². The first-order valence-electron chi connectivity index (χ1n) is 6.93. The van der Waals surface area contributed by atoms with Gasteiger partial charge in [0.1, 0.15) is 5.82 Å². The van der Waals surface area contributed by atoms with Crippen molar-refractivity contribution in [3.8, 4) is 0 Å². The molecule has 1 aromatic carbocycles. The monoisotopic (exact) mass is 299 g/mol. The second-order valence-electron chi connectivity index (χ2n) is 5.04. The van der Waals surface area contributed by atoms with Crippen LogP contribution >= 0.6 is 11.6 Å². The molecule has 110 valence electrons. The number of nitrogens with zero attached hydrogens (tertiary/aromatic N) is 1. The van der Waals surface area contributed by atoms with Gasteiger partial charge in [-0.15, -0.1) is 0 Å².